The number of aliphatic carboxylic acids is 3. The van der Waals surface area contributed by atoms with Crippen molar-refractivity contribution >= 4 is 26.4 Å². The fourth-order valence-corrected chi connectivity index (χ4v) is 2.44. The van der Waals surface area contributed by atoms with E-state index in [2.05, 4.69) is 0 Å². The molecule has 4 atom stereocenters. The van der Waals surface area contributed by atoms with Crippen LogP contribution in [0.4, 0.5) is 0 Å². The minimum absolute atomic E-state index is 0.266. The van der Waals surface area contributed by atoms with Crippen LogP contribution in [-0.2, 0) is 18.9 Å². The van der Waals surface area contributed by atoms with E-state index in [1.807, 2.05) is 0 Å². The van der Waals surface area contributed by atoms with Crippen molar-refractivity contribution in [1.82, 2.24) is 0 Å². The highest BCUT2D eigenvalue weighted by Crippen LogP contribution is 2.37. The Labute approximate surface area is 115 Å². The Balaban J connectivity index is 4.93. The fourth-order valence-electron chi connectivity index (χ4n) is 1.68. The lowest BCUT2D eigenvalue weighted by atomic mass is 9.91. The van der Waals surface area contributed by atoms with Crippen LogP contribution in [0.5, 0.6) is 0 Å². The van der Waals surface area contributed by atoms with Crippen LogP contribution in [0.25, 0.3) is 0 Å². The molecular weight excluding hydrogens is 293 g/mol. The first kappa shape index (κ1) is 18.6. The highest BCUT2D eigenvalue weighted by atomic mass is 31.1. The number of rotatable bonds is 10. The summed E-state index contributed by atoms with van der Waals surface area (Å²) in [5.74, 6) is -5.61. The van der Waals surface area contributed by atoms with Gasteiger partial charge in [0, 0.05) is 6.42 Å². The first-order chi connectivity index (χ1) is 9.14. The Morgan fingerprint density at radius 1 is 1.10 bits per heavy atom. The van der Waals surface area contributed by atoms with Crippen molar-refractivity contribution in [1.29, 1.82) is 0 Å². The molecule has 0 amide bonds. The predicted molar refractivity (Wildman–Crippen MR) is 68.2 cm³/mol. The molecule has 0 aromatic heterocycles. The maximum atomic E-state index is 11.2. The van der Waals surface area contributed by atoms with E-state index in [0.29, 0.717) is 0 Å². The predicted octanol–water partition coefficient (Wildman–Crippen LogP) is -0.811. The van der Waals surface area contributed by atoms with Crippen LogP contribution in [0.3, 0.4) is 0 Å². The van der Waals surface area contributed by atoms with Crippen LogP contribution in [0, 0.1) is 5.92 Å². The minimum Gasteiger partial charge on any atom is -0.481 e. The van der Waals surface area contributed by atoms with Crippen molar-refractivity contribution < 1.29 is 39.4 Å². The highest BCUT2D eigenvalue weighted by Gasteiger charge is 2.41. The Morgan fingerprint density at radius 2 is 1.65 bits per heavy atom. The van der Waals surface area contributed by atoms with Crippen LogP contribution in [0.15, 0.2) is 0 Å². The number of aliphatic hydroxyl groups is 1. The number of carbonyl (C=O) groups is 3. The molecule has 0 radical (unpaired) electrons. The monoisotopic (exact) mass is 311 g/mol. The molecule has 0 spiro atoms. The van der Waals surface area contributed by atoms with Crippen molar-refractivity contribution in [3.05, 3.63) is 0 Å². The minimum atomic E-state index is -2.14. The van der Waals surface area contributed by atoms with Gasteiger partial charge in [0.05, 0.1) is 14.4 Å². The third-order valence-electron chi connectivity index (χ3n) is 2.93. The normalized spacial score (nSPS) is 17.5. The molecule has 0 saturated carbocycles. The summed E-state index contributed by atoms with van der Waals surface area (Å²) >= 11 is 0. The SMILES string of the molecule is NC(CCC(O)([PH2]=O)C(CCC(=O)O)C(=O)O)C(=O)O. The average Bonchev–Trinajstić information content (AvgIpc) is 2.34. The number of carboxylic acid groups (broad SMARTS) is 3. The summed E-state index contributed by atoms with van der Waals surface area (Å²) in [6.07, 6.45) is -1.57. The topological polar surface area (TPSA) is 175 Å². The molecule has 6 N–H and O–H groups in total. The lowest BCUT2D eigenvalue weighted by molar-refractivity contribution is -0.148. The van der Waals surface area contributed by atoms with Crippen molar-refractivity contribution in [2.24, 2.45) is 11.7 Å². The number of nitrogens with two attached hydrogens (primary N) is 1. The van der Waals surface area contributed by atoms with E-state index in [0.717, 1.165) is 0 Å². The quantitative estimate of drug-likeness (QED) is 0.323. The molecular formula is C10H18NO8P. The van der Waals surface area contributed by atoms with E-state index in [4.69, 9.17) is 21.1 Å². The van der Waals surface area contributed by atoms with Gasteiger partial charge in [0.25, 0.3) is 0 Å². The van der Waals surface area contributed by atoms with E-state index in [1.165, 1.54) is 0 Å². The third-order valence-corrected chi connectivity index (χ3v) is 4.02. The molecule has 0 fully saturated rings. The summed E-state index contributed by atoms with van der Waals surface area (Å²) in [7, 11) is -1.97. The Hall–Kier alpha value is -1.44. The molecule has 10 heteroatoms. The van der Waals surface area contributed by atoms with E-state index in [-0.39, 0.29) is 6.42 Å². The molecule has 0 aliphatic heterocycles. The molecule has 0 aromatic rings. The van der Waals surface area contributed by atoms with Crippen LogP contribution in [0.1, 0.15) is 25.7 Å². The van der Waals surface area contributed by atoms with Gasteiger partial charge in [-0.1, -0.05) is 0 Å². The Bertz CT molecular complexity index is 401. The Kier molecular flexibility index (Phi) is 7.41. The van der Waals surface area contributed by atoms with Gasteiger partial charge in [0.1, 0.15) is 11.4 Å². The maximum Gasteiger partial charge on any atom is 0.320 e. The van der Waals surface area contributed by atoms with E-state index >= 15 is 0 Å². The van der Waals surface area contributed by atoms with Gasteiger partial charge in [-0.05, 0) is 19.3 Å². The second-order valence-corrected chi connectivity index (χ2v) is 5.65. The van der Waals surface area contributed by atoms with Crippen LogP contribution in [0.2, 0.25) is 0 Å². The van der Waals surface area contributed by atoms with Gasteiger partial charge in [-0.3, -0.25) is 14.4 Å². The molecule has 0 bridgehead atoms. The number of carboxylic acids is 3. The summed E-state index contributed by atoms with van der Waals surface area (Å²) in [5.41, 5.74) is 5.23. The van der Waals surface area contributed by atoms with E-state index in [9.17, 15) is 24.1 Å². The molecule has 116 valence electrons. The summed E-state index contributed by atoms with van der Waals surface area (Å²) in [6, 6.07) is -1.32. The first-order valence-corrected chi connectivity index (χ1v) is 6.80. The molecule has 9 nitrogen and oxygen atoms in total. The van der Waals surface area contributed by atoms with E-state index in [1.54, 1.807) is 0 Å². The zero-order valence-electron chi connectivity index (χ0n) is 10.6. The second-order valence-electron chi connectivity index (χ2n) is 4.42. The fraction of sp³-hybridized carbons (Fsp3) is 0.700. The summed E-state index contributed by atoms with van der Waals surface area (Å²) in [4.78, 5) is 32.1. The Morgan fingerprint density at radius 3 is 2.00 bits per heavy atom. The van der Waals surface area contributed by atoms with Gasteiger partial charge in [0.15, 0.2) is 0 Å². The van der Waals surface area contributed by atoms with Crippen molar-refractivity contribution in [2.45, 2.75) is 37.1 Å². The molecule has 0 heterocycles. The highest BCUT2D eigenvalue weighted by molar-refractivity contribution is 7.25. The van der Waals surface area contributed by atoms with Crippen LogP contribution in [-0.4, -0.2) is 49.7 Å². The largest absolute Gasteiger partial charge is 0.481 e. The lowest BCUT2D eigenvalue weighted by Crippen LogP contribution is -2.40. The maximum absolute atomic E-state index is 11.2. The van der Waals surface area contributed by atoms with Crippen molar-refractivity contribution in [2.75, 3.05) is 0 Å². The van der Waals surface area contributed by atoms with E-state index < -0.39 is 62.9 Å². The smallest absolute Gasteiger partial charge is 0.320 e. The number of hydrogen-bond acceptors (Lipinski definition) is 6. The number of hydrogen-bond donors (Lipinski definition) is 5. The van der Waals surface area contributed by atoms with Crippen molar-refractivity contribution in [3.8, 4) is 0 Å². The van der Waals surface area contributed by atoms with Gasteiger partial charge in [0.2, 0.25) is 0 Å². The standard InChI is InChI=1S/C10H18NO8P/c11-6(9(16)17)3-4-10(18,20-19)5(8(14)15)1-2-7(12)13/h5-6,18H,1-4,11,20H2,(H,12,13)(H,14,15)(H,16,17). The molecule has 0 rings (SSSR count). The summed E-state index contributed by atoms with van der Waals surface area (Å²) in [6.45, 7) is 0. The molecule has 0 aliphatic rings. The zero-order chi connectivity index (χ0) is 15.9. The van der Waals surface area contributed by atoms with Gasteiger partial charge >= 0.3 is 17.9 Å². The summed E-state index contributed by atoms with van der Waals surface area (Å²) in [5, 5.41) is 34.1. The molecule has 4 unspecified atom stereocenters. The molecule has 0 aliphatic carbocycles. The lowest BCUT2D eigenvalue weighted by Gasteiger charge is -2.29. The van der Waals surface area contributed by atoms with Crippen LogP contribution >= 0.6 is 8.46 Å². The molecule has 20 heavy (non-hydrogen) atoms. The molecule has 0 aromatic carbocycles. The van der Waals surface area contributed by atoms with Gasteiger partial charge in [-0.25, -0.2) is 0 Å². The third kappa shape index (κ3) is 5.68. The second kappa shape index (κ2) is 7.98. The van der Waals surface area contributed by atoms with Gasteiger partial charge in [-0.15, -0.1) is 0 Å². The first-order valence-electron chi connectivity index (χ1n) is 5.75. The zero-order valence-corrected chi connectivity index (χ0v) is 11.7. The van der Waals surface area contributed by atoms with Crippen LogP contribution < -0.4 is 5.73 Å². The van der Waals surface area contributed by atoms with Crippen molar-refractivity contribution in [3.63, 3.8) is 0 Å². The van der Waals surface area contributed by atoms with Gasteiger partial charge < -0.3 is 30.7 Å². The summed E-state index contributed by atoms with van der Waals surface area (Å²) < 4.78 is 11.2. The molecule has 0 saturated heterocycles. The average molecular weight is 311 g/mol. The van der Waals surface area contributed by atoms with Gasteiger partial charge in [-0.2, -0.15) is 0 Å².